The number of nitrogens with zero attached hydrogens (tertiary/aromatic N) is 1. The second kappa shape index (κ2) is 5.89. The summed E-state index contributed by atoms with van der Waals surface area (Å²) in [6, 6.07) is 4.26. The fourth-order valence-corrected chi connectivity index (χ4v) is 2.53. The molecule has 3 heteroatoms. The number of carbonyl (C=O) groups excluding carboxylic acids is 1. The van der Waals surface area contributed by atoms with Crippen LogP contribution in [0.4, 0.5) is 0 Å². The minimum absolute atomic E-state index is 0.244. The Hall–Kier alpha value is -1.25. The van der Waals surface area contributed by atoms with Crippen LogP contribution in [0, 0.1) is 0 Å². The molecule has 0 unspecified atom stereocenters. The van der Waals surface area contributed by atoms with Gasteiger partial charge in [0.1, 0.15) is 5.76 Å². The molecule has 0 saturated heterocycles. The summed E-state index contributed by atoms with van der Waals surface area (Å²) < 4.78 is 5.24. The van der Waals surface area contributed by atoms with Gasteiger partial charge in [0.05, 0.1) is 6.26 Å². The van der Waals surface area contributed by atoms with E-state index >= 15 is 0 Å². The molecule has 1 aliphatic rings. The lowest BCUT2D eigenvalue weighted by atomic mass is 9.94. The SMILES string of the molecule is CN(C(=O)CCc1ccco1)C1CCCCC1. The van der Waals surface area contributed by atoms with Gasteiger partial charge in [0.15, 0.2) is 0 Å². The normalized spacial score (nSPS) is 17.0. The lowest BCUT2D eigenvalue weighted by Gasteiger charge is -2.31. The summed E-state index contributed by atoms with van der Waals surface area (Å²) in [6.07, 6.45) is 9.12. The summed E-state index contributed by atoms with van der Waals surface area (Å²) in [5.41, 5.74) is 0. The van der Waals surface area contributed by atoms with E-state index in [0.29, 0.717) is 18.9 Å². The average Bonchev–Trinajstić information content (AvgIpc) is 2.89. The van der Waals surface area contributed by atoms with Crippen LogP contribution in [0.3, 0.4) is 0 Å². The van der Waals surface area contributed by atoms with Crippen LogP contribution in [0.2, 0.25) is 0 Å². The zero-order valence-electron chi connectivity index (χ0n) is 10.5. The number of hydrogen-bond donors (Lipinski definition) is 0. The summed E-state index contributed by atoms with van der Waals surface area (Å²) in [6.45, 7) is 0. The van der Waals surface area contributed by atoms with E-state index in [1.165, 1.54) is 32.1 Å². The molecule has 0 spiro atoms. The van der Waals surface area contributed by atoms with Crippen LogP contribution < -0.4 is 0 Å². The van der Waals surface area contributed by atoms with Crippen LogP contribution in [-0.2, 0) is 11.2 Å². The molecule has 0 bridgehead atoms. The first-order valence-electron chi connectivity index (χ1n) is 6.55. The Morgan fingerprint density at radius 1 is 1.41 bits per heavy atom. The van der Waals surface area contributed by atoms with E-state index in [0.717, 1.165) is 5.76 Å². The van der Waals surface area contributed by atoms with Crippen molar-refractivity contribution in [2.75, 3.05) is 7.05 Å². The molecule has 1 amide bonds. The Kier molecular flexibility index (Phi) is 4.24. The highest BCUT2D eigenvalue weighted by Gasteiger charge is 2.21. The molecule has 1 aliphatic carbocycles. The molecule has 0 aromatic carbocycles. The molecule has 0 radical (unpaired) electrons. The van der Waals surface area contributed by atoms with Crippen molar-refractivity contribution >= 4 is 5.91 Å². The lowest BCUT2D eigenvalue weighted by Crippen LogP contribution is -2.38. The number of aryl methyl sites for hydroxylation is 1. The van der Waals surface area contributed by atoms with Gasteiger partial charge in [0.25, 0.3) is 0 Å². The summed E-state index contributed by atoms with van der Waals surface area (Å²) in [4.78, 5) is 14.0. The van der Waals surface area contributed by atoms with Gasteiger partial charge in [0, 0.05) is 25.9 Å². The van der Waals surface area contributed by atoms with E-state index in [1.54, 1.807) is 6.26 Å². The highest BCUT2D eigenvalue weighted by molar-refractivity contribution is 5.76. The largest absolute Gasteiger partial charge is 0.469 e. The minimum atomic E-state index is 0.244. The van der Waals surface area contributed by atoms with E-state index in [4.69, 9.17) is 4.42 Å². The van der Waals surface area contributed by atoms with E-state index in [2.05, 4.69) is 0 Å². The summed E-state index contributed by atoms with van der Waals surface area (Å²) in [5, 5.41) is 0. The van der Waals surface area contributed by atoms with Crippen LogP contribution in [0.5, 0.6) is 0 Å². The van der Waals surface area contributed by atoms with Crippen molar-refractivity contribution in [3.8, 4) is 0 Å². The maximum Gasteiger partial charge on any atom is 0.223 e. The van der Waals surface area contributed by atoms with Crippen LogP contribution >= 0.6 is 0 Å². The van der Waals surface area contributed by atoms with Crippen molar-refractivity contribution in [3.05, 3.63) is 24.2 Å². The second-order valence-corrected chi connectivity index (χ2v) is 4.88. The summed E-state index contributed by atoms with van der Waals surface area (Å²) >= 11 is 0. The van der Waals surface area contributed by atoms with Crippen molar-refractivity contribution < 1.29 is 9.21 Å². The van der Waals surface area contributed by atoms with Crippen molar-refractivity contribution in [3.63, 3.8) is 0 Å². The van der Waals surface area contributed by atoms with Gasteiger partial charge in [-0.05, 0) is 25.0 Å². The van der Waals surface area contributed by atoms with E-state index in [-0.39, 0.29) is 5.91 Å². The standard InChI is InChI=1S/C14H21NO2/c1-15(12-6-3-2-4-7-12)14(16)10-9-13-8-5-11-17-13/h5,8,11-12H,2-4,6-7,9-10H2,1H3. The van der Waals surface area contributed by atoms with E-state index in [9.17, 15) is 4.79 Å². The molecule has 1 aromatic rings. The predicted molar refractivity (Wildman–Crippen MR) is 66.7 cm³/mol. The number of furan rings is 1. The molecule has 0 atom stereocenters. The highest BCUT2D eigenvalue weighted by atomic mass is 16.3. The molecule has 3 nitrogen and oxygen atoms in total. The van der Waals surface area contributed by atoms with E-state index in [1.807, 2.05) is 24.1 Å². The van der Waals surface area contributed by atoms with Crippen molar-refractivity contribution in [1.82, 2.24) is 4.90 Å². The van der Waals surface area contributed by atoms with Gasteiger partial charge in [0.2, 0.25) is 5.91 Å². The van der Waals surface area contributed by atoms with Crippen molar-refractivity contribution in [2.45, 2.75) is 51.0 Å². The van der Waals surface area contributed by atoms with Crippen LogP contribution in [0.15, 0.2) is 22.8 Å². The molecular weight excluding hydrogens is 214 g/mol. The number of rotatable bonds is 4. The first kappa shape index (κ1) is 12.2. The van der Waals surface area contributed by atoms with Gasteiger partial charge in [-0.1, -0.05) is 19.3 Å². The zero-order valence-corrected chi connectivity index (χ0v) is 10.5. The zero-order chi connectivity index (χ0) is 12.1. The van der Waals surface area contributed by atoms with Crippen molar-refractivity contribution in [2.24, 2.45) is 0 Å². The summed E-state index contributed by atoms with van der Waals surface area (Å²) in [5.74, 6) is 1.14. The third-order valence-electron chi connectivity index (χ3n) is 3.68. The van der Waals surface area contributed by atoms with Crippen LogP contribution in [0.1, 0.15) is 44.3 Å². The molecule has 0 aliphatic heterocycles. The molecule has 1 fully saturated rings. The van der Waals surface area contributed by atoms with Gasteiger partial charge in [-0.3, -0.25) is 4.79 Å². The molecule has 2 rings (SSSR count). The van der Waals surface area contributed by atoms with Gasteiger partial charge in [-0.15, -0.1) is 0 Å². The Morgan fingerprint density at radius 3 is 2.82 bits per heavy atom. The fraction of sp³-hybridized carbons (Fsp3) is 0.643. The highest BCUT2D eigenvalue weighted by Crippen LogP contribution is 2.22. The van der Waals surface area contributed by atoms with Gasteiger partial charge in [-0.25, -0.2) is 0 Å². The Balaban J connectivity index is 1.78. The van der Waals surface area contributed by atoms with Crippen LogP contribution in [0.25, 0.3) is 0 Å². The number of hydrogen-bond acceptors (Lipinski definition) is 2. The first-order valence-corrected chi connectivity index (χ1v) is 6.55. The van der Waals surface area contributed by atoms with Crippen molar-refractivity contribution in [1.29, 1.82) is 0 Å². The number of amides is 1. The maximum absolute atomic E-state index is 12.0. The molecule has 1 heterocycles. The second-order valence-electron chi connectivity index (χ2n) is 4.88. The third kappa shape index (κ3) is 3.35. The molecule has 17 heavy (non-hydrogen) atoms. The Bertz CT molecular complexity index is 339. The minimum Gasteiger partial charge on any atom is -0.469 e. The van der Waals surface area contributed by atoms with Crippen LogP contribution in [-0.4, -0.2) is 23.9 Å². The summed E-state index contributed by atoms with van der Waals surface area (Å²) in [7, 11) is 1.94. The Morgan fingerprint density at radius 2 is 2.18 bits per heavy atom. The van der Waals surface area contributed by atoms with Gasteiger partial charge in [-0.2, -0.15) is 0 Å². The fourth-order valence-electron chi connectivity index (χ4n) is 2.53. The lowest BCUT2D eigenvalue weighted by molar-refractivity contribution is -0.132. The maximum atomic E-state index is 12.0. The Labute approximate surface area is 103 Å². The van der Waals surface area contributed by atoms with E-state index < -0.39 is 0 Å². The van der Waals surface area contributed by atoms with Gasteiger partial charge < -0.3 is 9.32 Å². The molecular formula is C14H21NO2. The predicted octanol–water partition coefficient (Wildman–Crippen LogP) is 3.00. The third-order valence-corrected chi connectivity index (χ3v) is 3.68. The number of carbonyl (C=O) groups is 1. The monoisotopic (exact) mass is 235 g/mol. The quantitative estimate of drug-likeness (QED) is 0.803. The molecule has 94 valence electrons. The smallest absolute Gasteiger partial charge is 0.223 e. The molecule has 0 N–H and O–H groups in total. The molecule has 1 aromatic heterocycles. The topological polar surface area (TPSA) is 33.5 Å². The van der Waals surface area contributed by atoms with Gasteiger partial charge >= 0.3 is 0 Å². The first-order chi connectivity index (χ1) is 8.27. The molecule has 1 saturated carbocycles. The average molecular weight is 235 g/mol.